The molecule has 2 aliphatic heterocycles. The fourth-order valence-corrected chi connectivity index (χ4v) is 14.9. The first-order chi connectivity index (χ1) is 32.8. The number of carbonyl (C=O) groups excluding carboxylic acids is 2. The second kappa shape index (κ2) is 18.8. The minimum atomic E-state index is -1.88. The molecule has 70 heavy (non-hydrogen) atoms. The number of methoxy groups -OCH3 is 2. The van der Waals surface area contributed by atoms with Gasteiger partial charge in [0.15, 0.2) is 30.0 Å². The number of rotatable bonds is 11. The average molecular weight is 991 g/mol. The average Bonchev–Trinajstić information content (AvgIpc) is 3.31. The predicted octanol–water partition coefficient (Wildman–Crippen LogP) is 2.23. The number of aliphatic hydroxyl groups is 8. The van der Waals surface area contributed by atoms with Crippen molar-refractivity contribution in [3.63, 3.8) is 0 Å². The summed E-state index contributed by atoms with van der Waals surface area (Å²) in [4.78, 5) is 40.8. The van der Waals surface area contributed by atoms with Crippen molar-refractivity contribution in [3.05, 3.63) is 35.4 Å². The Kier molecular flexibility index (Phi) is 14.2. The molecule has 5 aliphatic carbocycles. The zero-order valence-corrected chi connectivity index (χ0v) is 41.4. The van der Waals surface area contributed by atoms with Crippen LogP contribution in [0, 0.1) is 50.2 Å². The molecule has 2 saturated heterocycles. The topological polar surface area (TPSA) is 298 Å². The maximum atomic E-state index is 15.3. The fraction of sp³-hybridized carbons (Fsp3) is 0.784. The lowest BCUT2D eigenvalue weighted by Crippen LogP contribution is -2.69. The molecule has 1 aromatic carbocycles. The number of aliphatic carboxylic acids is 1. The van der Waals surface area contributed by atoms with Crippen LogP contribution in [0.5, 0.6) is 11.5 Å². The van der Waals surface area contributed by atoms with Crippen LogP contribution in [-0.4, -0.2) is 165 Å². The van der Waals surface area contributed by atoms with Gasteiger partial charge in [0.25, 0.3) is 0 Å². The molecule has 9 N–H and O–H groups in total. The molecule has 1 aromatic rings. The summed E-state index contributed by atoms with van der Waals surface area (Å²) in [6, 6.07) is 4.27. The number of hydrogen-bond acceptors (Lipinski definition) is 18. The molecule has 2 unspecified atom stereocenters. The first-order valence-corrected chi connectivity index (χ1v) is 24.7. The number of allylic oxidation sites excluding steroid dienone is 2. The summed E-state index contributed by atoms with van der Waals surface area (Å²) in [5.74, 6) is -3.36. The molecule has 0 amide bonds. The maximum absolute atomic E-state index is 15.3. The van der Waals surface area contributed by atoms with E-state index in [1.54, 1.807) is 0 Å². The number of benzene rings is 1. The van der Waals surface area contributed by atoms with E-state index in [0.29, 0.717) is 50.7 Å². The summed E-state index contributed by atoms with van der Waals surface area (Å²) in [5.41, 5.74) is -3.10. The largest absolute Gasteiger partial charge is 0.493 e. The highest BCUT2D eigenvalue weighted by atomic mass is 16.7. The van der Waals surface area contributed by atoms with E-state index in [0.717, 1.165) is 5.57 Å². The Bertz CT molecular complexity index is 2180. The van der Waals surface area contributed by atoms with E-state index >= 15 is 4.79 Å². The van der Waals surface area contributed by atoms with Crippen molar-refractivity contribution in [2.45, 2.75) is 173 Å². The lowest BCUT2D eigenvalue weighted by Gasteiger charge is -2.72. The fourth-order valence-electron chi connectivity index (χ4n) is 14.9. The Balaban J connectivity index is 1.09. The number of carbonyl (C=O) groups is 3. The SMILES string of the molecule is COc1ccc(C(=O)O[C@H]2[C@H](OC(=O)[C@]34CCC(C)(C)C[C@H]3C3=CCC5[C@@]6(C)CC[C@H](O[C@@H]7O[C@H](C(=O)O)[C@@H](O)[C@H](O)[C@H]7O)[C@@](C)(CO)C6CC[C@@]5(C)[C@]3(C)C[C@H]4O)O[C@H](CO)[C@@H](O)[C@@H]2O)cc1OC. The number of aliphatic hydroxyl groups excluding tert-OH is 8. The highest BCUT2D eigenvalue weighted by Gasteiger charge is 2.72. The van der Waals surface area contributed by atoms with E-state index in [-0.39, 0.29) is 48.0 Å². The smallest absolute Gasteiger partial charge is 0.338 e. The Hall–Kier alpha value is -3.47. The molecule has 0 bridgehead atoms. The normalized spacial score (nSPS) is 46.4. The monoisotopic (exact) mass is 990 g/mol. The van der Waals surface area contributed by atoms with E-state index in [4.69, 9.17) is 33.2 Å². The molecule has 2 heterocycles. The third-order valence-electron chi connectivity index (χ3n) is 19.2. The number of hydrogen-bond donors (Lipinski definition) is 9. The van der Waals surface area contributed by atoms with Gasteiger partial charge in [0.1, 0.15) is 42.0 Å². The van der Waals surface area contributed by atoms with Crippen LogP contribution in [0.3, 0.4) is 0 Å². The Morgan fingerprint density at radius 1 is 0.743 bits per heavy atom. The van der Waals surface area contributed by atoms with Crippen molar-refractivity contribution in [2.24, 2.45) is 50.2 Å². The van der Waals surface area contributed by atoms with Gasteiger partial charge in [-0.25, -0.2) is 9.59 Å². The molecule has 8 rings (SSSR count). The highest BCUT2D eigenvalue weighted by molar-refractivity contribution is 5.90. The number of carboxylic acid groups (broad SMARTS) is 1. The number of esters is 2. The van der Waals surface area contributed by atoms with Crippen LogP contribution >= 0.6 is 0 Å². The minimum Gasteiger partial charge on any atom is -0.493 e. The summed E-state index contributed by atoms with van der Waals surface area (Å²) in [6.45, 7) is 11.8. The molecule has 0 spiro atoms. The summed E-state index contributed by atoms with van der Waals surface area (Å²) in [7, 11) is 2.83. The van der Waals surface area contributed by atoms with Crippen molar-refractivity contribution in [1.29, 1.82) is 0 Å². The van der Waals surface area contributed by atoms with Gasteiger partial charge in [-0.05, 0) is 115 Å². The Labute approximate surface area is 408 Å². The third kappa shape index (κ3) is 8.08. The van der Waals surface area contributed by atoms with Crippen molar-refractivity contribution in [2.75, 3.05) is 27.4 Å². The van der Waals surface area contributed by atoms with Gasteiger partial charge in [-0.1, -0.05) is 53.2 Å². The summed E-state index contributed by atoms with van der Waals surface area (Å²) >= 11 is 0. The molecule has 0 radical (unpaired) electrons. The third-order valence-corrected chi connectivity index (χ3v) is 19.2. The molecular formula is C51H74O19. The maximum Gasteiger partial charge on any atom is 0.338 e. The second-order valence-corrected chi connectivity index (χ2v) is 23.1. The van der Waals surface area contributed by atoms with E-state index in [2.05, 4.69) is 40.7 Å². The zero-order chi connectivity index (χ0) is 51.3. The van der Waals surface area contributed by atoms with Crippen LogP contribution in [0.2, 0.25) is 0 Å². The highest BCUT2D eigenvalue weighted by Crippen LogP contribution is 2.76. The Morgan fingerprint density at radius 3 is 2.09 bits per heavy atom. The quantitative estimate of drug-likeness (QED) is 0.0873. The van der Waals surface area contributed by atoms with E-state index in [1.807, 2.05) is 6.92 Å². The zero-order valence-electron chi connectivity index (χ0n) is 41.4. The van der Waals surface area contributed by atoms with Gasteiger partial charge in [0, 0.05) is 5.41 Å². The molecule has 6 fully saturated rings. The van der Waals surface area contributed by atoms with Crippen LogP contribution in [0.4, 0.5) is 0 Å². The van der Waals surface area contributed by atoms with E-state index < -0.39 is 131 Å². The van der Waals surface area contributed by atoms with E-state index in [1.165, 1.54) is 32.4 Å². The summed E-state index contributed by atoms with van der Waals surface area (Å²) < 4.78 is 40.4. The van der Waals surface area contributed by atoms with Crippen molar-refractivity contribution in [3.8, 4) is 11.5 Å². The molecule has 19 nitrogen and oxygen atoms in total. The van der Waals surface area contributed by atoms with Crippen molar-refractivity contribution < 1.29 is 93.5 Å². The number of fused-ring (bicyclic) bond motifs is 7. The van der Waals surface area contributed by atoms with Gasteiger partial charge in [-0.3, -0.25) is 4.79 Å². The van der Waals surface area contributed by atoms with Gasteiger partial charge in [-0.2, -0.15) is 0 Å². The minimum absolute atomic E-state index is 0.00281. The first kappa shape index (κ1) is 52.8. The molecular weight excluding hydrogens is 917 g/mol. The van der Waals surface area contributed by atoms with Gasteiger partial charge < -0.3 is 79.1 Å². The van der Waals surface area contributed by atoms with Crippen LogP contribution in [-0.2, 0) is 33.3 Å². The van der Waals surface area contributed by atoms with Gasteiger partial charge >= 0.3 is 17.9 Å². The van der Waals surface area contributed by atoms with Crippen molar-refractivity contribution >= 4 is 17.9 Å². The Morgan fingerprint density at radius 2 is 1.44 bits per heavy atom. The summed E-state index contributed by atoms with van der Waals surface area (Å²) in [6.07, 6.45) is -12.6. The standard InChI is InChI=1S/C51H74O19/c1-46(2)17-18-51(45(63)70-44-40(36(57)34(55)29(22-52)66-44)68-42(62)24-9-11-27(64-7)28(19-24)65-8)26(20-46)25-10-12-31-47(3)15-14-33(67-43-38(59)35(56)37(58)39(69-43)41(60)61)48(4,23-53)30(47)13-16-49(31,5)50(25,6)21-32(51)54/h9-11,19,26,29-40,43-44,52-59H,12-18,20-23H2,1-8H3,(H,60,61)/t26-,29+,30?,31?,32+,33-,34+,35-,36-,37-,38+,39-,40+,43+,44-,47-,48-,49+,50+,51+/m0/s1. The first-order valence-electron chi connectivity index (χ1n) is 24.7. The van der Waals surface area contributed by atoms with Crippen LogP contribution < -0.4 is 9.47 Å². The van der Waals surface area contributed by atoms with Gasteiger partial charge in [-0.15, -0.1) is 0 Å². The molecule has 7 aliphatic rings. The van der Waals surface area contributed by atoms with Gasteiger partial charge in [0.2, 0.25) is 6.29 Å². The lowest BCUT2D eigenvalue weighted by atomic mass is 9.33. The second-order valence-electron chi connectivity index (χ2n) is 23.1. The molecule has 4 saturated carbocycles. The van der Waals surface area contributed by atoms with Crippen LogP contribution in [0.25, 0.3) is 0 Å². The predicted molar refractivity (Wildman–Crippen MR) is 244 cm³/mol. The number of carboxylic acids is 1. The summed E-state index contributed by atoms with van der Waals surface area (Å²) in [5, 5.41) is 98.1. The van der Waals surface area contributed by atoms with E-state index in [9.17, 15) is 55.5 Å². The van der Waals surface area contributed by atoms with Gasteiger partial charge in [0.05, 0.1) is 45.2 Å². The molecule has 392 valence electrons. The molecule has 20 atom stereocenters. The van der Waals surface area contributed by atoms with Crippen LogP contribution in [0.15, 0.2) is 29.8 Å². The molecule has 0 aromatic heterocycles. The van der Waals surface area contributed by atoms with Crippen LogP contribution in [0.1, 0.15) is 110 Å². The molecule has 19 heteroatoms. The lowest BCUT2D eigenvalue weighted by molar-refractivity contribution is -0.327. The number of ether oxygens (including phenoxy) is 7. The van der Waals surface area contributed by atoms with Crippen molar-refractivity contribution in [1.82, 2.24) is 0 Å².